The number of rotatable bonds is 6. The van der Waals surface area contributed by atoms with E-state index in [0.29, 0.717) is 3.63 Å². The van der Waals surface area contributed by atoms with Gasteiger partial charge in [-0.15, -0.1) is 0 Å². The molecule has 2 aliphatic rings. The van der Waals surface area contributed by atoms with Crippen molar-refractivity contribution in [3.05, 3.63) is 190 Å². The first-order valence-electron chi connectivity index (χ1n) is 15.2. The van der Waals surface area contributed by atoms with Gasteiger partial charge in [0.05, 0.1) is 0 Å². The first kappa shape index (κ1) is 33.6. The van der Waals surface area contributed by atoms with Gasteiger partial charge >= 0.3 is 261 Å². The predicted molar refractivity (Wildman–Crippen MR) is 185 cm³/mol. The Labute approximate surface area is 290 Å². The summed E-state index contributed by atoms with van der Waals surface area (Å²) in [6, 6.07) is 59.3. The number of allylic oxidation sites excluding steroid dienone is 4. The quantitative estimate of drug-likeness (QED) is 0.241. The Kier molecular flexibility index (Phi) is 10.5. The molecule has 46 heavy (non-hydrogen) atoms. The summed E-state index contributed by atoms with van der Waals surface area (Å²) in [4.78, 5) is 0. The van der Waals surface area contributed by atoms with Crippen LogP contribution in [-0.4, -0.2) is 0 Å². The Morgan fingerprint density at radius 3 is 1.26 bits per heavy atom. The predicted octanol–water partition coefficient (Wildman–Crippen LogP) is 4.38. The van der Waals surface area contributed by atoms with E-state index in [2.05, 4.69) is 176 Å². The van der Waals surface area contributed by atoms with Gasteiger partial charge in [0.25, 0.3) is 0 Å². The molecule has 0 bridgehead atoms. The Hall–Kier alpha value is -3.74. The van der Waals surface area contributed by atoms with Crippen molar-refractivity contribution in [1.29, 1.82) is 0 Å². The van der Waals surface area contributed by atoms with Gasteiger partial charge in [0.2, 0.25) is 0 Å². The normalized spacial score (nSPS) is 12.7. The molecule has 0 aromatic heterocycles. The van der Waals surface area contributed by atoms with E-state index in [1.165, 1.54) is 51.1 Å². The summed E-state index contributed by atoms with van der Waals surface area (Å²) in [5, 5.41) is 0. The molecule has 0 fully saturated rings. The smallest absolute Gasteiger partial charge is 1.00 e. The molecule has 226 valence electrons. The summed E-state index contributed by atoms with van der Waals surface area (Å²) in [6.07, 6.45) is 8.16. The van der Waals surface area contributed by atoms with Crippen LogP contribution in [-0.2, 0) is 20.3 Å². The van der Waals surface area contributed by atoms with Gasteiger partial charge < -0.3 is 24.8 Å². The van der Waals surface area contributed by atoms with Gasteiger partial charge in [-0.25, -0.2) is 0 Å². The second-order valence-corrected chi connectivity index (χ2v) is 21.4. The Morgan fingerprint density at radius 1 is 0.457 bits per heavy atom. The van der Waals surface area contributed by atoms with Gasteiger partial charge in [-0.1, -0.05) is 7.43 Å². The average molecular weight is 715 g/mol. The summed E-state index contributed by atoms with van der Waals surface area (Å²) in [7, 11) is 0. The Bertz CT molecular complexity index is 1850. The zero-order valence-corrected chi connectivity index (χ0v) is 28.8. The van der Waals surface area contributed by atoms with Crippen molar-refractivity contribution in [3.63, 3.8) is 0 Å². The van der Waals surface area contributed by atoms with Crippen LogP contribution in [0.2, 0.25) is 0 Å². The first-order chi connectivity index (χ1) is 21.3. The standard InChI is InChI=1S/C25H17.2C6H5.C5H5.CH4.2ClH.Zr/c1-3-7-18(8-4-1)20-11-13-24-22(15-20)17-23-16-21(12-14-25(23)24)19-9-5-2-6-10-19;2*1-2-4-6-5-3-1;1-2-4-5-3-1;;;;/h1-17H;2*1-5H;1-3H,4H2;1H4;2*1H;/q;;;;;;;+2/p-2. The van der Waals surface area contributed by atoms with E-state index in [4.69, 9.17) is 0 Å². The molecule has 0 spiro atoms. The molecule has 6 aromatic rings. The summed E-state index contributed by atoms with van der Waals surface area (Å²) in [5.41, 5.74) is 10.9. The fourth-order valence-corrected chi connectivity index (χ4v) is 21.7. The third kappa shape index (κ3) is 5.60. The molecule has 0 nitrogen and oxygen atoms in total. The molecule has 0 aliphatic heterocycles. The van der Waals surface area contributed by atoms with Gasteiger partial charge in [0, 0.05) is 0 Å². The fraction of sp³-hybridized carbons (Fsp3) is 0.0698. The summed E-state index contributed by atoms with van der Waals surface area (Å²) >= 11 is -3.78. The van der Waals surface area contributed by atoms with Crippen molar-refractivity contribution < 1.29 is 45.1 Å². The van der Waals surface area contributed by atoms with Gasteiger partial charge in [-0.05, 0) is 0 Å². The molecule has 0 radical (unpaired) electrons. The second-order valence-electron chi connectivity index (χ2n) is 11.6. The number of fused-ring (bicyclic) bond motifs is 3. The van der Waals surface area contributed by atoms with Gasteiger partial charge in [0.1, 0.15) is 0 Å². The van der Waals surface area contributed by atoms with Crippen LogP contribution in [0.1, 0.15) is 28.6 Å². The van der Waals surface area contributed by atoms with Crippen molar-refractivity contribution in [3.8, 4) is 33.4 Å². The number of benzene rings is 6. The Balaban J connectivity index is 0.00000139. The summed E-state index contributed by atoms with van der Waals surface area (Å²) < 4.78 is 5.02. The van der Waals surface area contributed by atoms with Crippen LogP contribution in [0.15, 0.2) is 179 Å². The maximum Gasteiger partial charge on any atom is -1.00 e. The van der Waals surface area contributed by atoms with Crippen molar-refractivity contribution in [2.45, 2.75) is 17.5 Å². The zero-order valence-electron chi connectivity index (χ0n) is 24.8. The van der Waals surface area contributed by atoms with Crippen LogP contribution in [0.4, 0.5) is 0 Å². The average Bonchev–Trinajstić information content (AvgIpc) is 3.74. The van der Waals surface area contributed by atoms with Gasteiger partial charge in [0.15, 0.2) is 0 Å². The molecular formula is C43H36Cl2Zr. The van der Waals surface area contributed by atoms with E-state index >= 15 is 0 Å². The van der Waals surface area contributed by atoms with Crippen molar-refractivity contribution >= 4 is 6.54 Å². The largest absolute Gasteiger partial charge is 1.00 e. The van der Waals surface area contributed by atoms with Gasteiger partial charge in [-0.3, -0.25) is 0 Å². The molecule has 0 amide bonds. The van der Waals surface area contributed by atoms with E-state index in [1.54, 1.807) is 3.28 Å². The molecule has 2 aliphatic carbocycles. The number of halogens is 2. The first-order valence-corrected chi connectivity index (χ1v) is 20.3. The van der Waals surface area contributed by atoms with E-state index < -0.39 is 20.3 Å². The van der Waals surface area contributed by atoms with Gasteiger partial charge in [-0.2, -0.15) is 0 Å². The molecule has 0 saturated heterocycles. The summed E-state index contributed by atoms with van der Waals surface area (Å²) in [6.45, 7) is 0. The van der Waals surface area contributed by atoms with Crippen LogP contribution in [0.3, 0.4) is 0 Å². The summed E-state index contributed by atoms with van der Waals surface area (Å²) in [5.74, 6) is 0. The maximum absolute atomic E-state index is 3.78. The minimum absolute atomic E-state index is 0. The van der Waals surface area contributed by atoms with Crippen LogP contribution < -0.4 is 31.4 Å². The SMILES string of the molecule is C.C1=CC[C]([Zr+2]([c]2ccccc2)([c]2ccccc2)[CH]2c3cc(-c4ccccc4)ccc3-c3ccc(-c4ccccc4)cc32)=C1.[Cl-].[Cl-]. The topological polar surface area (TPSA) is 0 Å². The molecule has 0 saturated carbocycles. The number of hydrogen-bond donors (Lipinski definition) is 0. The third-order valence-corrected chi connectivity index (χ3v) is 22.6. The molecular weight excluding hydrogens is 679 g/mol. The molecule has 0 atom stereocenters. The van der Waals surface area contributed by atoms with Crippen molar-refractivity contribution in [2.75, 3.05) is 0 Å². The van der Waals surface area contributed by atoms with Crippen molar-refractivity contribution in [2.24, 2.45) is 0 Å². The molecule has 3 heteroatoms. The zero-order chi connectivity index (χ0) is 28.6. The van der Waals surface area contributed by atoms with E-state index in [9.17, 15) is 0 Å². The molecule has 8 rings (SSSR count). The van der Waals surface area contributed by atoms with Crippen molar-refractivity contribution in [1.82, 2.24) is 0 Å². The minimum atomic E-state index is -3.78. The second kappa shape index (κ2) is 14.4. The van der Waals surface area contributed by atoms with Crippen LogP contribution >= 0.6 is 0 Å². The van der Waals surface area contributed by atoms with Crippen LogP contribution in [0.25, 0.3) is 33.4 Å². The minimum Gasteiger partial charge on any atom is -1.00 e. The molecule has 0 heterocycles. The van der Waals surface area contributed by atoms with E-state index in [1.807, 2.05) is 0 Å². The fourth-order valence-electron chi connectivity index (χ4n) is 7.55. The Morgan fingerprint density at radius 2 is 0.870 bits per heavy atom. The monoisotopic (exact) mass is 712 g/mol. The van der Waals surface area contributed by atoms with E-state index in [-0.39, 0.29) is 32.2 Å². The van der Waals surface area contributed by atoms with Crippen LogP contribution in [0.5, 0.6) is 0 Å². The molecule has 0 unspecified atom stereocenters. The molecule has 0 N–H and O–H groups in total. The maximum atomic E-state index is 2.53. The van der Waals surface area contributed by atoms with E-state index in [0.717, 1.165) is 6.42 Å². The number of hydrogen-bond acceptors (Lipinski definition) is 0. The third-order valence-electron chi connectivity index (χ3n) is 9.40. The molecule has 6 aromatic carbocycles. The van der Waals surface area contributed by atoms with Crippen LogP contribution in [0, 0.1) is 0 Å².